The summed E-state index contributed by atoms with van der Waals surface area (Å²) in [6, 6.07) is 0. The zero-order valence-corrected chi connectivity index (χ0v) is 96.0. The molecule has 140 heavy (non-hydrogen) atoms. The van der Waals surface area contributed by atoms with Crippen LogP contribution in [0.4, 0.5) is 0 Å². The lowest BCUT2D eigenvalue weighted by atomic mass is 9.99. The summed E-state index contributed by atoms with van der Waals surface area (Å²) in [7, 11) is 2.10. The van der Waals surface area contributed by atoms with Gasteiger partial charge in [0.25, 0.3) is 0 Å². The lowest BCUT2D eigenvalue weighted by molar-refractivity contribution is 0.0515. The molecule has 0 bridgehead atoms. The van der Waals surface area contributed by atoms with Crippen LogP contribution in [0.3, 0.4) is 0 Å². The van der Waals surface area contributed by atoms with Gasteiger partial charge < -0.3 is 106 Å². The molecule has 0 unspecified atom stereocenters. The van der Waals surface area contributed by atoms with E-state index in [-0.39, 0.29) is 37.1 Å². The molecule has 23 nitrogen and oxygen atoms in total. The second kappa shape index (κ2) is 107. The first-order valence-electron chi connectivity index (χ1n) is 55.9. The highest BCUT2D eigenvalue weighted by molar-refractivity contribution is 4.80. The van der Waals surface area contributed by atoms with Crippen molar-refractivity contribution in [3.63, 3.8) is 0 Å². The van der Waals surface area contributed by atoms with E-state index < -0.39 is 0 Å². The van der Waals surface area contributed by atoms with E-state index in [4.69, 9.17) is 52.1 Å². The van der Waals surface area contributed by atoms with Crippen molar-refractivity contribution in [2.75, 3.05) is 270 Å². The van der Waals surface area contributed by atoms with Gasteiger partial charge in [0, 0.05) is 97.5 Å². The Morgan fingerprint density at radius 2 is 0.493 bits per heavy atom. The van der Waals surface area contributed by atoms with Gasteiger partial charge in [0.05, 0.1) is 146 Å². The number of ether oxygens (including phenoxy) is 11. The van der Waals surface area contributed by atoms with Crippen molar-refractivity contribution in [3.05, 3.63) is 30.9 Å². The maximum absolute atomic E-state index is 5.53. The van der Waals surface area contributed by atoms with Crippen LogP contribution in [-0.2, 0) is 58.7 Å². The molecule has 0 aromatic carbocycles. The first kappa shape index (κ1) is 153. The predicted molar refractivity (Wildman–Crippen MR) is 615 cm³/mol. The minimum absolute atomic E-state index is 0. The topological polar surface area (TPSA) is 152 Å². The van der Waals surface area contributed by atoms with Gasteiger partial charge in [0.2, 0.25) is 0 Å². The normalized spacial score (nSPS) is 18.1. The fraction of sp³-hybridized carbons (Fsp3) is 0.957. The molecule has 8 aliphatic rings. The van der Waals surface area contributed by atoms with E-state index in [1.807, 2.05) is 31.5 Å². The largest absolute Gasteiger partial charge is 0.377 e. The number of hydrogen-bond donors (Lipinski definition) is 0. The molecule has 9 rings (SSSR count). The standard InChI is InChI=1S/2C11H23NO.5C10H21NO.C9H19NO.C9H21NO.C8H14N2O.C8H19NO.C6H12.5CH4/c2*1-10(2)13-9-8-12-6-4-11(3)5-7-12;2*1-9(2)12-7-6-11-5-4-10(3)8-11;3*1-10(2)12-9-8-11-6-4-3-5-7-11;1-9(2)11-8-7-10-5-3-4-6-10;1-5-10(6-2)7-8-11-9(3)4;1-8(2)11-6-5-10-4-3-9-7-10;1-5-9(4)6-7-10-8(2)3;1-4-5-6(2)3;;;;;/h2*10-11H,4-9H2,1-3H3;2*9-10H,4-8H2,1-3H3;3*10H,3-9H2,1-2H3;9H,3-8H2,1-2H3;9H,5-8H2,1-4H3;3-4,7-8H,5-6H2,1-2H3;8H,5-7H2,1-4H3;4-6H,1-3H3;5*1H4/b;;;;;;;;;;;5-4+;;;;;/t;;2*10-;;;;;;;;;;;;;/m..10............./s1. The maximum atomic E-state index is 5.53. The highest BCUT2D eigenvalue weighted by Gasteiger charge is 2.22. The number of piperidine rings is 5. The van der Waals surface area contributed by atoms with E-state index in [0.717, 1.165) is 194 Å². The van der Waals surface area contributed by atoms with Crippen LogP contribution in [0.15, 0.2) is 30.9 Å². The van der Waals surface area contributed by atoms with Crippen molar-refractivity contribution < 1.29 is 52.1 Å². The molecule has 0 amide bonds. The van der Waals surface area contributed by atoms with Crippen molar-refractivity contribution in [3.8, 4) is 0 Å². The van der Waals surface area contributed by atoms with Crippen LogP contribution >= 0.6 is 0 Å². The summed E-state index contributed by atoms with van der Waals surface area (Å²) in [5, 5.41) is 0. The number of hydrogen-bond acceptors (Lipinski definition) is 22. The van der Waals surface area contributed by atoms with Gasteiger partial charge in [-0.15, -0.1) is 0 Å². The molecule has 2 atom stereocenters. The van der Waals surface area contributed by atoms with Crippen LogP contribution < -0.4 is 0 Å². The lowest BCUT2D eigenvalue weighted by Gasteiger charge is -2.30. The Morgan fingerprint density at radius 1 is 0.279 bits per heavy atom. The Bertz CT molecular complexity index is 2330. The quantitative estimate of drug-likeness (QED) is 0.0568. The first-order chi connectivity index (χ1) is 64.3. The Labute approximate surface area is 877 Å². The third-order valence-corrected chi connectivity index (χ3v) is 24.3. The van der Waals surface area contributed by atoms with Gasteiger partial charge in [0.15, 0.2) is 0 Å². The van der Waals surface area contributed by atoms with E-state index in [0.29, 0.717) is 67.1 Å². The molecule has 8 aliphatic heterocycles. The number of likely N-dealkylation sites (tertiary alicyclic amines) is 8. The molecule has 1 aromatic heterocycles. The van der Waals surface area contributed by atoms with Crippen molar-refractivity contribution in [1.82, 2.24) is 58.6 Å². The molecular weight excluding hydrogens is 1750 g/mol. The van der Waals surface area contributed by atoms with E-state index >= 15 is 0 Å². The maximum Gasteiger partial charge on any atom is 0.0946 e. The third kappa shape index (κ3) is 112. The Balaban J connectivity index is -0.000000226. The third-order valence-electron chi connectivity index (χ3n) is 24.3. The van der Waals surface area contributed by atoms with E-state index in [1.165, 1.54) is 214 Å². The van der Waals surface area contributed by atoms with Gasteiger partial charge in [-0.3, -0.25) is 0 Å². The molecule has 0 N–H and O–H groups in total. The fourth-order valence-electron chi connectivity index (χ4n) is 15.7. The summed E-state index contributed by atoms with van der Waals surface area (Å²) >= 11 is 0. The minimum Gasteiger partial charge on any atom is -0.377 e. The van der Waals surface area contributed by atoms with Crippen molar-refractivity contribution >= 4 is 0 Å². The van der Waals surface area contributed by atoms with Crippen molar-refractivity contribution in [2.24, 2.45) is 29.6 Å². The summed E-state index contributed by atoms with van der Waals surface area (Å²) in [5.74, 6) is 4.37. The summed E-state index contributed by atoms with van der Waals surface area (Å²) in [4.78, 5) is 28.5. The molecule has 0 spiro atoms. The van der Waals surface area contributed by atoms with Gasteiger partial charge in [0.1, 0.15) is 0 Å². The van der Waals surface area contributed by atoms with Crippen molar-refractivity contribution in [1.29, 1.82) is 0 Å². The summed E-state index contributed by atoms with van der Waals surface area (Å²) in [6.45, 7) is 113. The average Bonchev–Trinajstić information content (AvgIpc) is 1.82. The SMILES string of the molecule is C.C.C.C.C.C/C=C/C(C)C.CC(C)OCCN1CCCC1.CC(C)OCCN1CCCCC1.CC(C)OCCN1CCCCC1.CC(C)OCCN1CCCCC1.CC(C)OCCN1CC[C@@H](C)C1.CC(C)OCCN1CC[C@H](C)C1.CC(C)OCCn1ccnc1.CC1CCN(CCOC(C)C)CC1.CC1CCN(CCOC(C)C)CC1.CCN(C)CCOC(C)C.CCN(CC)CCOC(C)C. The zero-order chi connectivity index (χ0) is 102. The first-order valence-corrected chi connectivity index (χ1v) is 55.9. The molecule has 0 aliphatic carbocycles. The highest BCUT2D eigenvalue weighted by Crippen LogP contribution is 2.20. The summed E-state index contributed by atoms with van der Waals surface area (Å²) in [6.07, 6.45) is 37.3. The van der Waals surface area contributed by atoms with Gasteiger partial charge in [-0.1, -0.05) is 131 Å². The minimum atomic E-state index is 0. The second-order valence-electron chi connectivity index (χ2n) is 42.3. The van der Waals surface area contributed by atoms with Crippen molar-refractivity contribution in [2.45, 2.75) is 442 Å². The molecule has 0 saturated carbocycles. The number of rotatable bonds is 48. The van der Waals surface area contributed by atoms with Gasteiger partial charge in [-0.05, 0) is 397 Å². The van der Waals surface area contributed by atoms with E-state index in [2.05, 4.69) is 274 Å². The number of allylic oxidation sites excluding steroid dienone is 2. The van der Waals surface area contributed by atoms with E-state index in [1.54, 1.807) is 12.5 Å². The highest BCUT2D eigenvalue weighted by atomic mass is 16.5. The molecule has 23 heteroatoms. The molecule has 8 fully saturated rings. The van der Waals surface area contributed by atoms with Crippen LogP contribution in [0.5, 0.6) is 0 Å². The van der Waals surface area contributed by atoms with Crippen LogP contribution in [0.25, 0.3) is 0 Å². The number of likely N-dealkylation sites (N-methyl/N-ethyl adjacent to an activating group) is 2. The van der Waals surface area contributed by atoms with Gasteiger partial charge in [-0.25, -0.2) is 4.98 Å². The van der Waals surface area contributed by atoms with Crippen LogP contribution in [0.2, 0.25) is 0 Å². The van der Waals surface area contributed by atoms with Gasteiger partial charge in [-0.2, -0.15) is 0 Å². The lowest BCUT2D eigenvalue weighted by Crippen LogP contribution is -2.35. The Hall–Kier alpha value is -1.89. The fourth-order valence-corrected chi connectivity index (χ4v) is 15.7. The number of imidazole rings is 1. The van der Waals surface area contributed by atoms with Crippen LogP contribution in [0, 0.1) is 29.6 Å². The van der Waals surface area contributed by atoms with Crippen LogP contribution in [-0.4, -0.2) is 395 Å². The van der Waals surface area contributed by atoms with Gasteiger partial charge >= 0.3 is 0 Å². The zero-order valence-electron chi connectivity index (χ0n) is 96.0. The monoisotopic (exact) mass is 2010 g/mol. The number of aromatic nitrogens is 2. The number of nitrogens with zero attached hydrogens (tertiary/aromatic N) is 12. The molecule has 8 saturated heterocycles. The Morgan fingerprint density at radius 3 is 0.693 bits per heavy atom. The summed E-state index contributed by atoms with van der Waals surface area (Å²) in [5.41, 5.74) is 0. The predicted octanol–water partition coefficient (Wildman–Crippen LogP) is 24.8. The molecular formula is C117H256N12O11. The second-order valence-corrected chi connectivity index (χ2v) is 42.3. The average molecular weight is 2010 g/mol. The Kier molecular flexibility index (Phi) is 117. The summed E-state index contributed by atoms with van der Waals surface area (Å²) < 4.78 is 62.2. The molecule has 9 heterocycles. The smallest absolute Gasteiger partial charge is 0.0946 e. The molecule has 1 aromatic rings. The molecule has 850 valence electrons. The van der Waals surface area contributed by atoms with Crippen LogP contribution in [0.1, 0.15) is 368 Å². The van der Waals surface area contributed by atoms with E-state index in [9.17, 15) is 0 Å². The molecule has 0 radical (unpaired) electrons.